The fourth-order valence-corrected chi connectivity index (χ4v) is 10.1. The number of aliphatic hydroxyl groups is 1. The Labute approximate surface area is 345 Å². The number of methoxy groups -OCH3 is 3. The summed E-state index contributed by atoms with van der Waals surface area (Å²) in [6.07, 6.45) is -1.20. The predicted octanol–water partition coefficient (Wildman–Crippen LogP) is 6.64. The molecule has 56 heavy (non-hydrogen) atoms. The van der Waals surface area contributed by atoms with Gasteiger partial charge in [-0.25, -0.2) is 13.2 Å². The lowest BCUT2D eigenvalue weighted by atomic mass is 10.0. The van der Waals surface area contributed by atoms with Crippen molar-refractivity contribution in [1.82, 2.24) is 29.4 Å². The molecule has 0 radical (unpaired) electrons. The Morgan fingerprint density at radius 3 is 1.79 bits per heavy atom. The number of ether oxygens (including phenoxy) is 3. The number of sulfonamides is 1. The molecule has 1 aromatic heterocycles. The zero-order valence-electron chi connectivity index (χ0n) is 31.9. The predicted molar refractivity (Wildman–Crippen MR) is 222 cm³/mol. The average molecular weight is 917 g/mol. The van der Waals surface area contributed by atoms with Gasteiger partial charge in [0.05, 0.1) is 46.1 Å². The lowest BCUT2D eigenvalue weighted by Gasteiger charge is -2.38. The van der Waals surface area contributed by atoms with Crippen molar-refractivity contribution in [1.29, 1.82) is 0 Å². The van der Waals surface area contributed by atoms with Crippen molar-refractivity contribution < 1.29 is 37.6 Å². The van der Waals surface area contributed by atoms with Crippen LogP contribution in [0.3, 0.4) is 0 Å². The van der Waals surface area contributed by atoms with Gasteiger partial charge in [-0.3, -0.25) is 4.90 Å². The molecule has 0 aliphatic heterocycles. The number of thioether (sulfide) groups is 1. The van der Waals surface area contributed by atoms with Gasteiger partial charge in [-0.1, -0.05) is 36.4 Å². The lowest BCUT2D eigenvalue weighted by Crippen LogP contribution is -2.53. The normalized spacial score (nSPS) is 12.4. The third-order valence-corrected chi connectivity index (χ3v) is 12.9. The number of aliphatic hydroxyl groups excluding tert-OH is 1. The summed E-state index contributed by atoms with van der Waals surface area (Å²) in [5, 5.41) is 33.9. The second-order valence-corrected chi connectivity index (χ2v) is 17.8. The van der Waals surface area contributed by atoms with Crippen molar-refractivity contribution in [2.45, 2.75) is 61.8 Å². The van der Waals surface area contributed by atoms with Crippen molar-refractivity contribution in [3.05, 3.63) is 105 Å². The maximum absolute atomic E-state index is 15.4. The smallest absolute Gasteiger partial charge is 0.408 e. The topological polar surface area (TPSA) is 169 Å². The highest BCUT2D eigenvalue weighted by Crippen LogP contribution is 2.40. The van der Waals surface area contributed by atoms with Crippen LogP contribution >= 0.6 is 34.4 Å². The van der Waals surface area contributed by atoms with Crippen LogP contribution < -0.4 is 14.2 Å². The van der Waals surface area contributed by atoms with E-state index in [0.29, 0.717) is 25.7 Å². The van der Waals surface area contributed by atoms with E-state index < -0.39 is 34.3 Å². The van der Waals surface area contributed by atoms with Gasteiger partial charge in [0.25, 0.3) is 0 Å². The van der Waals surface area contributed by atoms with Crippen LogP contribution in [0, 0.1) is 3.57 Å². The van der Waals surface area contributed by atoms with E-state index in [2.05, 4.69) is 38.0 Å². The molecule has 5 rings (SSSR count). The van der Waals surface area contributed by atoms with Gasteiger partial charge >= 0.3 is 6.09 Å². The van der Waals surface area contributed by atoms with Gasteiger partial charge in [0.1, 0.15) is 22.1 Å². The van der Waals surface area contributed by atoms with Crippen LogP contribution in [-0.2, 0) is 29.7 Å². The Hall–Kier alpha value is -4.43. The molecule has 298 valence electrons. The Balaban J connectivity index is 1.65. The molecule has 1 unspecified atom stereocenters. The van der Waals surface area contributed by atoms with Crippen LogP contribution in [0.25, 0.3) is 11.4 Å². The molecular formula is C39H45IN6O8S2. The number of halogens is 1. The summed E-state index contributed by atoms with van der Waals surface area (Å²) in [6, 6.07) is 24.4. The summed E-state index contributed by atoms with van der Waals surface area (Å²) in [5.41, 5.74) is 1.72. The summed E-state index contributed by atoms with van der Waals surface area (Å²) >= 11 is 3.21. The molecular weight excluding hydrogens is 872 g/mol. The van der Waals surface area contributed by atoms with Gasteiger partial charge in [-0.15, -0.1) is 22.0 Å². The van der Waals surface area contributed by atoms with Crippen LogP contribution in [0.15, 0.2) is 94.7 Å². The standard InChI is InChI=1S/C39H45IN6O8S2/c1-39(2,3)46(38(48)49)29(24-47)25-55-34-20-19-33(40)35(37-41-43-45(42-37)23-28-11-17-32(54-6)18-12-28)36(34)56(50,51)44(21-26-7-13-30(52-4)14-8-26)22-27-9-15-31(53-5)16-10-27/h7-20,29,47H,21-25H2,1-6H3,(H,48,49). The first-order valence-corrected chi connectivity index (χ1v) is 20.9. The monoisotopic (exact) mass is 916 g/mol. The molecule has 0 spiro atoms. The number of aromatic nitrogens is 4. The zero-order valence-corrected chi connectivity index (χ0v) is 35.7. The van der Waals surface area contributed by atoms with E-state index in [0.717, 1.165) is 28.5 Å². The van der Waals surface area contributed by atoms with Crippen molar-refractivity contribution in [2.75, 3.05) is 33.7 Å². The maximum atomic E-state index is 15.4. The van der Waals surface area contributed by atoms with Crippen LogP contribution in [0.5, 0.6) is 17.2 Å². The molecule has 1 heterocycles. The molecule has 0 fully saturated rings. The fourth-order valence-electron chi connectivity index (χ4n) is 6.03. The third-order valence-electron chi connectivity index (χ3n) is 8.80. The van der Waals surface area contributed by atoms with E-state index in [9.17, 15) is 15.0 Å². The van der Waals surface area contributed by atoms with E-state index in [-0.39, 0.29) is 41.7 Å². The number of tetrazole rings is 1. The van der Waals surface area contributed by atoms with Gasteiger partial charge in [0, 0.05) is 32.8 Å². The molecule has 1 amide bonds. The van der Waals surface area contributed by atoms with E-state index in [1.165, 1.54) is 14.0 Å². The van der Waals surface area contributed by atoms with Crippen LogP contribution in [0.2, 0.25) is 0 Å². The third kappa shape index (κ3) is 10.3. The summed E-state index contributed by atoms with van der Waals surface area (Å²) in [4.78, 5) is 15.3. The quantitative estimate of drug-likeness (QED) is 0.0755. The zero-order chi connectivity index (χ0) is 40.6. The van der Waals surface area contributed by atoms with Crippen LogP contribution in [0.4, 0.5) is 4.79 Å². The summed E-state index contributed by atoms with van der Waals surface area (Å²) < 4.78 is 48.8. The van der Waals surface area contributed by atoms with Gasteiger partial charge < -0.3 is 24.4 Å². The first kappa shape index (κ1) is 42.7. The fraction of sp³-hybridized carbons (Fsp3) is 0.333. The number of rotatable bonds is 17. The van der Waals surface area contributed by atoms with E-state index in [1.807, 2.05) is 48.5 Å². The first-order valence-electron chi connectivity index (χ1n) is 17.4. The first-order chi connectivity index (χ1) is 26.7. The lowest BCUT2D eigenvalue weighted by molar-refractivity contribution is 0.0549. The molecule has 0 saturated heterocycles. The van der Waals surface area contributed by atoms with Crippen molar-refractivity contribution >= 4 is 50.5 Å². The molecule has 1 atom stereocenters. The minimum absolute atomic E-state index is 0.00104. The Kier molecular flexibility index (Phi) is 14.2. The van der Waals surface area contributed by atoms with Crippen molar-refractivity contribution in [2.24, 2.45) is 0 Å². The van der Waals surface area contributed by atoms with E-state index >= 15 is 8.42 Å². The molecule has 17 heteroatoms. The van der Waals surface area contributed by atoms with E-state index in [4.69, 9.17) is 14.2 Å². The second kappa shape index (κ2) is 18.7. The number of carbonyl (C=O) groups is 1. The highest BCUT2D eigenvalue weighted by Gasteiger charge is 2.36. The van der Waals surface area contributed by atoms with E-state index in [1.54, 1.807) is 78.5 Å². The number of benzene rings is 4. The molecule has 14 nitrogen and oxygen atoms in total. The Morgan fingerprint density at radius 2 is 1.34 bits per heavy atom. The minimum atomic E-state index is -4.42. The number of nitrogens with zero attached hydrogens (tertiary/aromatic N) is 6. The number of carboxylic acid groups (broad SMARTS) is 1. The van der Waals surface area contributed by atoms with Crippen molar-refractivity contribution in [3.8, 4) is 28.6 Å². The Bertz CT molecular complexity index is 2150. The molecule has 0 bridgehead atoms. The molecule has 4 aromatic carbocycles. The van der Waals surface area contributed by atoms with Crippen molar-refractivity contribution in [3.63, 3.8) is 0 Å². The van der Waals surface area contributed by atoms with Crippen LogP contribution in [-0.4, -0.2) is 99.4 Å². The number of hydrogen-bond acceptors (Lipinski definition) is 11. The van der Waals surface area contributed by atoms with Crippen LogP contribution in [0.1, 0.15) is 37.5 Å². The Morgan fingerprint density at radius 1 is 0.839 bits per heavy atom. The summed E-state index contributed by atoms with van der Waals surface area (Å²) in [6.45, 7) is 5.01. The number of amides is 1. The summed E-state index contributed by atoms with van der Waals surface area (Å²) in [7, 11) is 0.298. The maximum Gasteiger partial charge on any atom is 0.408 e. The largest absolute Gasteiger partial charge is 0.497 e. The number of hydrogen-bond donors (Lipinski definition) is 2. The minimum Gasteiger partial charge on any atom is -0.497 e. The molecule has 0 saturated carbocycles. The highest BCUT2D eigenvalue weighted by atomic mass is 127. The SMILES string of the molecule is COc1ccc(CN(Cc2ccc(OC)cc2)S(=O)(=O)c2c(SCC(CO)N(C(=O)O)C(C)(C)C)ccc(I)c2-c2nnn(Cc3ccc(OC)cc3)n2)cc1. The molecule has 0 aliphatic rings. The average Bonchev–Trinajstić information content (AvgIpc) is 3.64. The van der Waals surface area contributed by atoms with Gasteiger partial charge in [0.15, 0.2) is 0 Å². The summed E-state index contributed by atoms with van der Waals surface area (Å²) in [5.74, 6) is 2.11. The van der Waals surface area contributed by atoms with Gasteiger partial charge in [-0.2, -0.15) is 9.10 Å². The van der Waals surface area contributed by atoms with Gasteiger partial charge in [-0.05, 0) is 114 Å². The molecule has 0 aliphatic carbocycles. The molecule has 5 aromatic rings. The second-order valence-electron chi connectivity index (χ2n) is 13.7. The van der Waals surface area contributed by atoms with Gasteiger partial charge in [0.2, 0.25) is 15.8 Å². The highest BCUT2D eigenvalue weighted by molar-refractivity contribution is 14.1. The molecule has 2 N–H and O–H groups in total.